The molecule has 2 heterocycles. The molecule has 0 saturated heterocycles. The largest absolute Gasteiger partial charge is 0.280 e. The monoisotopic (exact) mass is 432 g/mol. The van der Waals surface area contributed by atoms with Crippen LogP contribution in [0.4, 0.5) is 5.69 Å². The molecule has 154 valence electrons. The van der Waals surface area contributed by atoms with Crippen LogP contribution in [0.25, 0.3) is 5.65 Å². The number of hydrogen-bond acceptors (Lipinski definition) is 4. The maximum Gasteiger partial charge on any atom is 0.264 e. The summed E-state index contributed by atoms with van der Waals surface area (Å²) in [6, 6.07) is 7.72. The highest BCUT2D eigenvalue weighted by Crippen LogP contribution is 2.43. The van der Waals surface area contributed by atoms with Crippen LogP contribution in [0, 0.1) is 12.3 Å². The Morgan fingerprint density at radius 2 is 2.10 bits per heavy atom. The minimum atomic E-state index is -3.80. The Bertz CT molecular complexity index is 1170. The molecule has 0 aliphatic heterocycles. The molecule has 8 heteroatoms. The molecule has 1 atom stereocenters. The molecule has 1 N–H and O–H groups in total. The molecular formula is C21H25ClN4O2S. The van der Waals surface area contributed by atoms with E-state index in [4.69, 9.17) is 11.6 Å². The lowest BCUT2D eigenvalue weighted by Gasteiger charge is -2.35. The van der Waals surface area contributed by atoms with Crippen molar-refractivity contribution in [1.82, 2.24) is 14.6 Å². The number of benzene rings is 1. The van der Waals surface area contributed by atoms with Gasteiger partial charge in [-0.15, -0.1) is 0 Å². The summed E-state index contributed by atoms with van der Waals surface area (Å²) in [5, 5.41) is 4.63. The predicted octanol–water partition coefficient (Wildman–Crippen LogP) is 5.18. The number of nitrogens with zero attached hydrogens (tertiary/aromatic N) is 3. The molecule has 1 aromatic carbocycles. The molecule has 1 aliphatic rings. The summed E-state index contributed by atoms with van der Waals surface area (Å²) < 4.78 is 29.9. The van der Waals surface area contributed by atoms with Crippen LogP contribution in [-0.2, 0) is 10.0 Å². The zero-order valence-corrected chi connectivity index (χ0v) is 18.4. The van der Waals surface area contributed by atoms with Crippen molar-refractivity contribution in [3.05, 3.63) is 52.9 Å². The van der Waals surface area contributed by atoms with Gasteiger partial charge >= 0.3 is 0 Å². The second-order valence-corrected chi connectivity index (χ2v) is 10.7. The fraction of sp³-hybridized carbons (Fsp3) is 0.429. The van der Waals surface area contributed by atoms with Crippen LogP contribution in [0.5, 0.6) is 0 Å². The highest BCUT2D eigenvalue weighted by atomic mass is 35.5. The molecule has 1 unspecified atom stereocenters. The third kappa shape index (κ3) is 4.12. The number of anilines is 1. The molecule has 1 saturated carbocycles. The van der Waals surface area contributed by atoms with E-state index in [9.17, 15) is 8.42 Å². The minimum Gasteiger partial charge on any atom is -0.280 e. The molecule has 6 nitrogen and oxygen atoms in total. The number of fused-ring (bicyclic) bond motifs is 1. The third-order valence-corrected chi connectivity index (χ3v) is 7.46. The Morgan fingerprint density at radius 3 is 2.86 bits per heavy atom. The number of halogens is 1. The van der Waals surface area contributed by atoms with Gasteiger partial charge in [0.15, 0.2) is 5.65 Å². The van der Waals surface area contributed by atoms with Crippen LogP contribution >= 0.6 is 11.6 Å². The smallest absolute Gasteiger partial charge is 0.264 e. The lowest BCUT2D eigenvalue weighted by molar-refractivity contribution is 0.219. The summed E-state index contributed by atoms with van der Waals surface area (Å²) in [4.78, 5) is 4.20. The first-order valence-corrected chi connectivity index (χ1v) is 11.6. The number of hydrogen-bond donors (Lipinski definition) is 1. The van der Waals surface area contributed by atoms with Crippen molar-refractivity contribution >= 4 is 33.0 Å². The van der Waals surface area contributed by atoms with Crippen LogP contribution in [-0.4, -0.2) is 23.0 Å². The van der Waals surface area contributed by atoms with E-state index in [2.05, 4.69) is 34.7 Å². The second kappa shape index (κ2) is 7.29. The highest BCUT2D eigenvalue weighted by molar-refractivity contribution is 7.92. The van der Waals surface area contributed by atoms with Gasteiger partial charge in [0.25, 0.3) is 10.0 Å². The molecule has 29 heavy (non-hydrogen) atoms. The van der Waals surface area contributed by atoms with Crippen molar-refractivity contribution in [2.45, 2.75) is 57.3 Å². The first-order chi connectivity index (χ1) is 13.6. The van der Waals surface area contributed by atoms with E-state index in [0.717, 1.165) is 12.8 Å². The lowest BCUT2D eigenvalue weighted by Crippen LogP contribution is -2.21. The van der Waals surface area contributed by atoms with Crippen molar-refractivity contribution in [3.63, 3.8) is 0 Å². The molecule has 0 spiro atoms. The quantitative estimate of drug-likeness (QED) is 0.616. The molecule has 0 radical (unpaired) electrons. The van der Waals surface area contributed by atoms with Crippen molar-refractivity contribution in [2.24, 2.45) is 5.41 Å². The topological polar surface area (TPSA) is 76.4 Å². The molecule has 4 rings (SSSR count). The molecule has 0 amide bonds. The van der Waals surface area contributed by atoms with E-state index in [1.165, 1.54) is 35.3 Å². The van der Waals surface area contributed by atoms with Gasteiger partial charge in [-0.05, 0) is 55.2 Å². The number of sulfonamides is 1. The average molecular weight is 433 g/mol. The molecule has 1 aliphatic carbocycles. The fourth-order valence-corrected chi connectivity index (χ4v) is 5.35. The highest BCUT2D eigenvalue weighted by Gasteiger charge is 2.29. The zero-order valence-electron chi connectivity index (χ0n) is 16.8. The summed E-state index contributed by atoms with van der Waals surface area (Å²) in [6.07, 6.45) is 7.42. The summed E-state index contributed by atoms with van der Waals surface area (Å²) in [6.45, 7) is 6.36. The maximum atomic E-state index is 12.9. The van der Waals surface area contributed by atoms with Crippen LogP contribution in [0.3, 0.4) is 0 Å². The van der Waals surface area contributed by atoms with Gasteiger partial charge in [-0.1, -0.05) is 44.0 Å². The van der Waals surface area contributed by atoms with Gasteiger partial charge < -0.3 is 0 Å². The van der Waals surface area contributed by atoms with E-state index < -0.39 is 10.0 Å². The molecule has 0 bridgehead atoms. The molecule has 1 fully saturated rings. The van der Waals surface area contributed by atoms with Crippen LogP contribution in [0.15, 0.2) is 41.6 Å². The van der Waals surface area contributed by atoms with Crippen LogP contribution in [0.2, 0.25) is 5.02 Å². The zero-order chi connectivity index (χ0) is 20.8. The van der Waals surface area contributed by atoms with Crippen molar-refractivity contribution in [2.75, 3.05) is 4.72 Å². The first-order valence-electron chi connectivity index (χ1n) is 9.78. The predicted molar refractivity (Wildman–Crippen MR) is 115 cm³/mol. The van der Waals surface area contributed by atoms with Gasteiger partial charge in [-0.2, -0.15) is 5.10 Å². The summed E-state index contributed by atoms with van der Waals surface area (Å²) in [7, 11) is -3.80. The number of aryl methyl sites for hydroxylation is 1. The summed E-state index contributed by atoms with van der Waals surface area (Å²) in [5.74, 6) is 0.454. The van der Waals surface area contributed by atoms with E-state index in [0.29, 0.717) is 33.4 Å². The summed E-state index contributed by atoms with van der Waals surface area (Å²) >= 11 is 6.14. The Kier molecular flexibility index (Phi) is 5.07. The van der Waals surface area contributed by atoms with E-state index >= 15 is 0 Å². The van der Waals surface area contributed by atoms with Gasteiger partial charge in [-0.25, -0.2) is 17.9 Å². The standard InChI is InChI=1S/C21H25ClN4O2S/c1-14-19(22)20-23-12-18(13-26(20)24-14)29(27,28)25-17-8-4-6-15(10-17)16-7-5-9-21(2,3)11-16/h4,6,8,10,12-13,16,25H,5,7,9,11H2,1-3H3. The van der Waals surface area contributed by atoms with Gasteiger partial charge in [0.05, 0.1) is 18.1 Å². The number of nitrogens with one attached hydrogen (secondary N) is 1. The second-order valence-electron chi connectivity index (χ2n) is 8.65. The first kappa shape index (κ1) is 20.2. The maximum absolute atomic E-state index is 12.9. The van der Waals surface area contributed by atoms with E-state index in [1.54, 1.807) is 13.0 Å². The molecule has 2 aromatic heterocycles. The van der Waals surface area contributed by atoms with Crippen molar-refractivity contribution in [1.29, 1.82) is 0 Å². The minimum absolute atomic E-state index is 0.0355. The van der Waals surface area contributed by atoms with Crippen LogP contribution < -0.4 is 4.72 Å². The Hall–Kier alpha value is -2.12. The summed E-state index contributed by atoms with van der Waals surface area (Å²) in [5.41, 5.74) is 3.10. The Labute approximate surface area is 176 Å². The average Bonchev–Trinajstić information content (AvgIpc) is 2.94. The van der Waals surface area contributed by atoms with E-state index in [-0.39, 0.29) is 4.90 Å². The third-order valence-electron chi connectivity index (χ3n) is 5.68. The van der Waals surface area contributed by atoms with Crippen molar-refractivity contribution < 1.29 is 8.42 Å². The normalized spacial score (nSPS) is 19.4. The van der Waals surface area contributed by atoms with Gasteiger partial charge in [0.2, 0.25) is 0 Å². The van der Waals surface area contributed by atoms with Gasteiger partial charge in [-0.3, -0.25) is 4.72 Å². The van der Waals surface area contributed by atoms with Crippen molar-refractivity contribution in [3.8, 4) is 0 Å². The van der Waals surface area contributed by atoms with E-state index in [1.807, 2.05) is 12.1 Å². The molecular weight excluding hydrogens is 408 g/mol. The fourth-order valence-electron chi connectivity index (χ4n) is 4.19. The van der Waals surface area contributed by atoms with Crippen LogP contribution in [0.1, 0.15) is 56.7 Å². The molecule has 3 aromatic rings. The van der Waals surface area contributed by atoms with Gasteiger partial charge in [0, 0.05) is 5.69 Å². The number of aromatic nitrogens is 3. The number of rotatable bonds is 4. The van der Waals surface area contributed by atoms with Gasteiger partial charge in [0.1, 0.15) is 9.92 Å². The SMILES string of the molecule is Cc1nn2cc(S(=O)(=O)Nc3cccc(C4CCCC(C)(C)C4)c3)cnc2c1Cl. The Morgan fingerprint density at radius 1 is 1.31 bits per heavy atom. The Balaban J connectivity index is 1.60. The lowest BCUT2D eigenvalue weighted by atomic mass is 9.70.